The number of aryl methyl sites for hydroxylation is 3. The largest absolute Gasteiger partial charge is 0.451 e. The van der Waals surface area contributed by atoms with Crippen LogP contribution in [-0.4, -0.2) is 10.2 Å². The number of rotatable bonds is 5. The molecule has 4 nitrogen and oxygen atoms in total. The first-order valence-electron chi connectivity index (χ1n) is 10.5. The fourth-order valence-corrected chi connectivity index (χ4v) is 3.79. The van der Waals surface area contributed by atoms with Gasteiger partial charge < -0.3 is 8.83 Å². The van der Waals surface area contributed by atoms with Gasteiger partial charge in [0.05, 0.1) is 5.56 Å². The zero-order valence-electron chi connectivity index (χ0n) is 17.7. The van der Waals surface area contributed by atoms with Gasteiger partial charge in [-0.15, -0.1) is 10.2 Å². The highest BCUT2D eigenvalue weighted by Crippen LogP contribution is 2.33. The van der Waals surface area contributed by atoms with Gasteiger partial charge in [0.15, 0.2) is 5.76 Å². The minimum Gasteiger partial charge on any atom is -0.451 e. The molecule has 0 fully saturated rings. The molecule has 0 bridgehead atoms. The van der Waals surface area contributed by atoms with Crippen LogP contribution >= 0.6 is 0 Å². The molecule has 0 atom stereocenters. The Balaban J connectivity index is 1.26. The Morgan fingerprint density at radius 1 is 0.758 bits per heavy atom. The molecule has 33 heavy (non-hydrogen) atoms. The monoisotopic (exact) mass is 448 g/mol. The summed E-state index contributed by atoms with van der Waals surface area (Å²) < 4.78 is 49.9. The molecule has 0 radical (unpaired) electrons. The number of halogens is 3. The van der Waals surface area contributed by atoms with Crippen LogP contribution in [0, 0.1) is 6.92 Å². The van der Waals surface area contributed by atoms with Gasteiger partial charge in [-0.3, -0.25) is 0 Å². The first-order chi connectivity index (χ1) is 15.9. The van der Waals surface area contributed by atoms with Gasteiger partial charge in [0.25, 0.3) is 5.89 Å². The van der Waals surface area contributed by atoms with Crippen molar-refractivity contribution in [3.63, 3.8) is 0 Å². The number of furan rings is 1. The van der Waals surface area contributed by atoms with Gasteiger partial charge in [-0.1, -0.05) is 54.6 Å². The summed E-state index contributed by atoms with van der Waals surface area (Å²) in [4.78, 5) is 0. The number of aromatic nitrogens is 2. The van der Waals surface area contributed by atoms with Crippen LogP contribution in [0.15, 0.2) is 81.6 Å². The van der Waals surface area contributed by atoms with Crippen molar-refractivity contribution in [2.75, 3.05) is 0 Å². The fourth-order valence-electron chi connectivity index (χ4n) is 3.79. The number of alkyl halides is 3. The van der Waals surface area contributed by atoms with E-state index >= 15 is 0 Å². The molecule has 0 spiro atoms. The molecule has 0 saturated carbocycles. The van der Waals surface area contributed by atoms with Gasteiger partial charge in [-0.05, 0) is 48.2 Å². The number of hydrogen-bond acceptors (Lipinski definition) is 4. The molecule has 2 aromatic heterocycles. The smallest absolute Gasteiger partial charge is 0.416 e. The summed E-state index contributed by atoms with van der Waals surface area (Å²) in [6.07, 6.45) is -3.08. The normalized spacial score (nSPS) is 11.9. The Morgan fingerprint density at radius 2 is 1.42 bits per heavy atom. The van der Waals surface area contributed by atoms with Gasteiger partial charge >= 0.3 is 6.18 Å². The third-order valence-electron chi connectivity index (χ3n) is 5.63. The number of hydrogen-bond donors (Lipinski definition) is 0. The van der Waals surface area contributed by atoms with Gasteiger partial charge in [-0.25, -0.2) is 0 Å². The summed E-state index contributed by atoms with van der Waals surface area (Å²) >= 11 is 0. The van der Waals surface area contributed by atoms with Crippen LogP contribution in [-0.2, 0) is 19.0 Å². The molecule has 3 aromatic carbocycles. The number of para-hydroxylation sites is 1. The molecule has 7 heteroatoms. The maximum Gasteiger partial charge on any atom is 0.416 e. The van der Waals surface area contributed by atoms with Crippen LogP contribution in [0.1, 0.15) is 22.6 Å². The van der Waals surface area contributed by atoms with E-state index in [1.807, 2.05) is 55.5 Å². The van der Waals surface area contributed by atoms with E-state index in [4.69, 9.17) is 8.83 Å². The fraction of sp³-hybridized carbons (Fsp3) is 0.154. The summed E-state index contributed by atoms with van der Waals surface area (Å²) in [5, 5.41) is 9.30. The maximum atomic E-state index is 12.7. The molecule has 0 N–H and O–H groups in total. The van der Waals surface area contributed by atoms with Gasteiger partial charge in [0.1, 0.15) is 5.58 Å². The van der Waals surface area contributed by atoms with Crippen LogP contribution in [0.4, 0.5) is 13.2 Å². The second kappa shape index (κ2) is 8.24. The summed E-state index contributed by atoms with van der Waals surface area (Å²) in [5.74, 6) is 1.45. The van der Waals surface area contributed by atoms with E-state index in [2.05, 4.69) is 10.2 Å². The lowest BCUT2D eigenvalue weighted by Crippen LogP contribution is -2.03. The standard InChI is InChI=1S/C26H19F3N2O2/c1-16-21-4-2-3-5-22(21)32-24(16)25-31-30-23(33-25)15-8-17-6-9-18(10-7-17)19-11-13-20(14-12-19)26(27,28)29/h2-7,9-14H,8,15H2,1H3. The summed E-state index contributed by atoms with van der Waals surface area (Å²) in [5.41, 5.74) is 3.73. The van der Waals surface area contributed by atoms with Crippen LogP contribution in [0.25, 0.3) is 33.7 Å². The molecule has 166 valence electrons. The van der Waals surface area contributed by atoms with Crippen molar-refractivity contribution < 1.29 is 22.0 Å². The van der Waals surface area contributed by atoms with E-state index in [1.165, 1.54) is 12.1 Å². The lowest BCUT2D eigenvalue weighted by molar-refractivity contribution is -0.137. The first kappa shape index (κ1) is 21.0. The molecule has 0 amide bonds. The minimum absolute atomic E-state index is 0.358. The predicted octanol–water partition coefficient (Wildman–Crippen LogP) is 7.26. The summed E-state index contributed by atoms with van der Waals surface area (Å²) in [6.45, 7) is 1.96. The van der Waals surface area contributed by atoms with E-state index in [-0.39, 0.29) is 0 Å². The highest BCUT2D eigenvalue weighted by molar-refractivity contribution is 5.86. The topological polar surface area (TPSA) is 52.1 Å². The third-order valence-corrected chi connectivity index (χ3v) is 5.63. The van der Waals surface area contributed by atoms with Crippen LogP contribution in [0.3, 0.4) is 0 Å². The van der Waals surface area contributed by atoms with Crippen LogP contribution in [0.5, 0.6) is 0 Å². The Labute approximate surface area is 187 Å². The SMILES string of the molecule is Cc1c(-c2nnc(CCc3ccc(-c4ccc(C(F)(F)F)cc4)cc3)o2)oc2ccccc12. The third kappa shape index (κ3) is 4.26. The number of fused-ring (bicyclic) bond motifs is 1. The lowest BCUT2D eigenvalue weighted by Gasteiger charge is -2.08. The summed E-state index contributed by atoms with van der Waals surface area (Å²) in [7, 11) is 0. The average molecular weight is 448 g/mol. The Bertz CT molecular complexity index is 1400. The number of nitrogens with zero attached hydrogens (tertiary/aromatic N) is 2. The van der Waals surface area contributed by atoms with Crippen molar-refractivity contribution in [2.24, 2.45) is 0 Å². The molecule has 0 aliphatic carbocycles. The van der Waals surface area contributed by atoms with Crippen LogP contribution < -0.4 is 0 Å². The van der Waals surface area contributed by atoms with Gasteiger partial charge in [0, 0.05) is 17.4 Å². The quantitative estimate of drug-likeness (QED) is 0.284. The predicted molar refractivity (Wildman–Crippen MR) is 119 cm³/mol. The van der Waals surface area contributed by atoms with Crippen molar-refractivity contribution in [3.05, 3.63) is 95.4 Å². The molecular weight excluding hydrogens is 429 g/mol. The van der Waals surface area contributed by atoms with E-state index < -0.39 is 11.7 Å². The lowest BCUT2D eigenvalue weighted by atomic mass is 10.0. The molecule has 5 rings (SSSR count). The van der Waals surface area contributed by atoms with Crippen LogP contribution in [0.2, 0.25) is 0 Å². The Morgan fingerprint density at radius 3 is 2.09 bits per heavy atom. The summed E-state index contributed by atoms with van der Waals surface area (Å²) in [6, 6.07) is 20.6. The van der Waals surface area contributed by atoms with E-state index in [0.29, 0.717) is 30.4 Å². The molecule has 5 aromatic rings. The van der Waals surface area contributed by atoms with Gasteiger partial charge in [0.2, 0.25) is 5.89 Å². The highest BCUT2D eigenvalue weighted by Gasteiger charge is 2.30. The van der Waals surface area contributed by atoms with Crippen molar-refractivity contribution in [1.82, 2.24) is 10.2 Å². The second-order valence-corrected chi connectivity index (χ2v) is 7.83. The molecule has 2 heterocycles. The van der Waals surface area contributed by atoms with E-state index in [1.54, 1.807) is 0 Å². The molecule has 0 aliphatic rings. The molecule has 0 aliphatic heterocycles. The Hall–Kier alpha value is -3.87. The zero-order chi connectivity index (χ0) is 23.0. The van der Waals surface area contributed by atoms with Crippen molar-refractivity contribution in [3.8, 4) is 22.8 Å². The van der Waals surface area contributed by atoms with Crippen molar-refractivity contribution in [1.29, 1.82) is 0 Å². The average Bonchev–Trinajstić information content (AvgIpc) is 3.42. The molecular formula is C26H19F3N2O2. The Kier molecular flexibility index (Phi) is 5.24. The minimum atomic E-state index is -4.33. The zero-order valence-corrected chi connectivity index (χ0v) is 17.7. The molecule has 0 unspecified atom stereocenters. The van der Waals surface area contributed by atoms with Crippen molar-refractivity contribution >= 4 is 11.0 Å². The van der Waals surface area contributed by atoms with Gasteiger partial charge in [-0.2, -0.15) is 13.2 Å². The first-order valence-corrected chi connectivity index (χ1v) is 10.5. The number of benzene rings is 3. The highest BCUT2D eigenvalue weighted by atomic mass is 19.4. The van der Waals surface area contributed by atoms with E-state index in [9.17, 15) is 13.2 Å². The molecule has 0 saturated heterocycles. The van der Waals surface area contributed by atoms with E-state index in [0.717, 1.165) is 45.4 Å². The second-order valence-electron chi connectivity index (χ2n) is 7.83. The maximum absolute atomic E-state index is 12.7. The van der Waals surface area contributed by atoms with Crippen molar-refractivity contribution in [2.45, 2.75) is 25.9 Å².